The molecule has 1 saturated heterocycles. The standard InChI is InChI=1S/C13H16F3N3O2.HI/c14-13(15,16)21-11-3-1-10(2-4-11)19-12(17)18-7-9-5-6-20-8-9;/h1-4,9H,5-8H2,(H3,17,18,19);1H. The average Bonchev–Trinajstić information content (AvgIpc) is 2.90. The molecule has 0 saturated carbocycles. The van der Waals surface area contributed by atoms with Gasteiger partial charge in [0.05, 0.1) is 6.61 Å². The van der Waals surface area contributed by atoms with E-state index in [2.05, 4.69) is 15.0 Å². The fourth-order valence-corrected chi connectivity index (χ4v) is 1.88. The van der Waals surface area contributed by atoms with Gasteiger partial charge in [-0.15, -0.1) is 37.1 Å². The van der Waals surface area contributed by atoms with Crippen LogP contribution in [-0.2, 0) is 4.74 Å². The second kappa shape index (κ2) is 8.42. The minimum absolute atomic E-state index is 0. The Morgan fingerprint density at radius 2 is 2.05 bits per heavy atom. The molecule has 1 unspecified atom stereocenters. The first-order valence-corrected chi connectivity index (χ1v) is 6.43. The summed E-state index contributed by atoms with van der Waals surface area (Å²) in [6.45, 7) is 1.99. The molecule has 1 aliphatic heterocycles. The lowest BCUT2D eigenvalue weighted by molar-refractivity contribution is -0.274. The highest BCUT2D eigenvalue weighted by atomic mass is 127. The molecule has 0 aromatic heterocycles. The molecule has 124 valence electrons. The molecule has 1 atom stereocenters. The van der Waals surface area contributed by atoms with Crippen LogP contribution in [0.5, 0.6) is 5.75 Å². The largest absolute Gasteiger partial charge is 0.573 e. The van der Waals surface area contributed by atoms with Gasteiger partial charge in [0.25, 0.3) is 0 Å². The third-order valence-corrected chi connectivity index (χ3v) is 2.90. The summed E-state index contributed by atoms with van der Waals surface area (Å²) in [6.07, 6.45) is -3.74. The third kappa shape index (κ3) is 6.69. The fraction of sp³-hybridized carbons (Fsp3) is 0.462. The van der Waals surface area contributed by atoms with E-state index in [-0.39, 0.29) is 35.7 Å². The minimum atomic E-state index is -4.70. The van der Waals surface area contributed by atoms with Crippen LogP contribution >= 0.6 is 24.0 Å². The van der Waals surface area contributed by atoms with Crippen molar-refractivity contribution < 1.29 is 22.6 Å². The first kappa shape index (κ1) is 18.8. The third-order valence-electron chi connectivity index (χ3n) is 2.90. The molecule has 22 heavy (non-hydrogen) atoms. The summed E-state index contributed by atoms with van der Waals surface area (Å²) in [5.74, 6) is 0.297. The Kier molecular flexibility index (Phi) is 7.20. The number of anilines is 1. The Morgan fingerprint density at radius 1 is 1.36 bits per heavy atom. The van der Waals surface area contributed by atoms with Gasteiger partial charge in [-0.2, -0.15) is 0 Å². The van der Waals surface area contributed by atoms with Crippen LogP contribution in [0, 0.1) is 5.92 Å². The zero-order valence-electron chi connectivity index (χ0n) is 11.6. The summed E-state index contributed by atoms with van der Waals surface area (Å²) in [4.78, 5) is 4.18. The van der Waals surface area contributed by atoms with E-state index >= 15 is 0 Å². The number of benzene rings is 1. The van der Waals surface area contributed by atoms with Gasteiger partial charge in [-0.3, -0.25) is 4.99 Å². The Labute approximate surface area is 143 Å². The zero-order valence-corrected chi connectivity index (χ0v) is 13.9. The molecule has 1 aromatic rings. The molecule has 2 rings (SSSR count). The summed E-state index contributed by atoms with van der Waals surface area (Å²) in [5, 5.41) is 2.81. The predicted octanol–water partition coefficient (Wildman–Crippen LogP) is 2.97. The van der Waals surface area contributed by atoms with Crippen LogP contribution in [0.15, 0.2) is 29.3 Å². The van der Waals surface area contributed by atoms with Gasteiger partial charge < -0.3 is 20.5 Å². The lowest BCUT2D eigenvalue weighted by Gasteiger charge is -2.10. The number of nitrogens with zero attached hydrogens (tertiary/aromatic N) is 1. The first-order chi connectivity index (χ1) is 9.92. The van der Waals surface area contributed by atoms with Crippen LogP contribution < -0.4 is 15.8 Å². The molecule has 3 N–H and O–H groups in total. The number of ether oxygens (including phenoxy) is 2. The van der Waals surface area contributed by atoms with E-state index < -0.39 is 6.36 Å². The lowest BCUT2D eigenvalue weighted by atomic mass is 10.1. The van der Waals surface area contributed by atoms with Crippen molar-refractivity contribution in [2.45, 2.75) is 12.8 Å². The van der Waals surface area contributed by atoms with E-state index in [1.165, 1.54) is 24.3 Å². The number of hydrogen-bond donors (Lipinski definition) is 2. The van der Waals surface area contributed by atoms with Crippen LogP contribution in [0.1, 0.15) is 6.42 Å². The number of halogens is 4. The quantitative estimate of drug-likeness (QED) is 0.437. The molecule has 1 aliphatic rings. The van der Waals surface area contributed by atoms with Crippen LogP contribution in [0.25, 0.3) is 0 Å². The molecule has 1 aromatic carbocycles. The van der Waals surface area contributed by atoms with Gasteiger partial charge in [-0.1, -0.05) is 0 Å². The summed E-state index contributed by atoms with van der Waals surface area (Å²) in [7, 11) is 0. The summed E-state index contributed by atoms with van der Waals surface area (Å²) in [5.41, 5.74) is 6.25. The maximum absolute atomic E-state index is 12.0. The van der Waals surface area contributed by atoms with Crippen molar-refractivity contribution >= 4 is 35.6 Å². The van der Waals surface area contributed by atoms with E-state index in [0.717, 1.165) is 13.0 Å². The van der Waals surface area contributed by atoms with Gasteiger partial charge in [0.15, 0.2) is 5.96 Å². The smallest absolute Gasteiger partial charge is 0.406 e. The van der Waals surface area contributed by atoms with Crippen molar-refractivity contribution in [1.82, 2.24) is 0 Å². The fourth-order valence-electron chi connectivity index (χ4n) is 1.88. The van der Waals surface area contributed by atoms with Crippen molar-refractivity contribution in [1.29, 1.82) is 0 Å². The molecule has 0 aliphatic carbocycles. The van der Waals surface area contributed by atoms with Crippen molar-refractivity contribution in [3.05, 3.63) is 24.3 Å². The SMILES string of the molecule is I.NC(=NCC1CCOC1)Nc1ccc(OC(F)(F)F)cc1. The summed E-state index contributed by atoms with van der Waals surface area (Å²) in [6, 6.07) is 5.27. The molecule has 0 bridgehead atoms. The Bertz CT molecular complexity index is 488. The van der Waals surface area contributed by atoms with Crippen molar-refractivity contribution in [2.75, 3.05) is 25.1 Å². The molecular formula is C13H17F3IN3O2. The molecule has 9 heteroatoms. The number of alkyl halides is 3. The van der Waals surface area contributed by atoms with Gasteiger partial charge in [-0.05, 0) is 30.7 Å². The zero-order chi connectivity index (χ0) is 15.3. The Morgan fingerprint density at radius 3 is 2.59 bits per heavy atom. The number of guanidine groups is 1. The van der Waals surface area contributed by atoms with Gasteiger partial charge in [0, 0.05) is 24.8 Å². The first-order valence-electron chi connectivity index (χ1n) is 6.43. The van der Waals surface area contributed by atoms with Gasteiger partial charge in [-0.25, -0.2) is 0 Å². The van der Waals surface area contributed by atoms with Gasteiger partial charge >= 0.3 is 6.36 Å². The second-order valence-corrected chi connectivity index (χ2v) is 4.65. The van der Waals surface area contributed by atoms with E-state index in [9.17, 15) is 13.2 Å². The monoisotopic (exact) mass is 431 g/mol. The normalized spacial score (nSPS) is 18.7. The van der Waals surface area contributed by atoms with Crippen molar-refractivity contribution in [3.8, 4) is 5.75 Å². The van der Waals surface area contributed by atoms with Crippen LogP contribution in [0.2, 0.25) is 0 Å². The van der Waals surface area contributed by atoms with Crippen LogP contribution in [0.3, 0.4) is 0 Å². The highest BCUT2D eigenvalue weighted by molar-refractivity contribution is 14.0. The molecule has 0 amide bonds. The van der Waals surface area contributed by atoms with Crippen LogP contribution in [-0.4, -0.2) is 32.1 Å². The molecule has 1 fully saturated rings. The van der Waals surface area contributed by atoms with Crippen molar-refractivity contribution in [3.63, 3.8) is 0 Å². The molecule has 5 nitrogen and oxygen atoms in total. The predicted molar refractivity (Wildman–Crippen MR) is 87.6 cm³/mol. The van der Waals surface area contributed by atoms with E-state index in [1.54, 1.807) is 0 Å². The number of aliphatic imine (C=N–C) groups is 1. The molecule has 1 heterocycles. The maximum Gasteiger partial charge on any atom is 0.573 e. The van der Waals surface area contributed by atoms with E-state index in [4.69, 9.17) is 10.5 Å². The Balaban J connectivity index is 0.00000242. The van der Waals surface area contributed by atoms with Gasteiger partial charge in [0.1, 0.15) is 5.75 Å². The summed E-state index contributed by atoms with van der Waals surface area (Å²) < 4.78 is 45.0. The highest BCUT2D eigenvalue weighted by Crippen LogP contribution is 2.23. The topological polar surface area (TPSA) is 68.9 Å². The lowest BCUT2D eigenvalue weighted by Crippen LogP contribution is -2.24. The number of nitrogens with two attached hydrogens (primary N) is 1. The number of nitrogens with one attached hydrogen (secondary N) is 1. The number of rotatable bonds is 4. The maximum atomic E-state index is 12.0. The van der Waals surface area contributed by atoms with E-state index in [0.29, 0.717) is 24.8 Å². The van der Waals surface area contributed by atoms with Crippen LogP contribution in [0.4, 0.5) is 18.9 Å². The molecule has 0 spiro atoms. The Hall–Kier alpha value is -1.23. The number of hydrogen-bond acceptors (Lipinski definition) is 3. The summed E-state index contributed by atoms with van der Waals surface area (Å²) >= 11 is 0. The average molecular weight is 431 g/mol. The highest BCUT2D eigenvalue weighted by Gasteiger charge is 2.30. The van der Waals surface area contributed by atoms with E-state index in [1.807, 2.05) is 0 Å². The van der Waals surface area contributed by atoms with Gasteiger partial charge in [0.2, 0.25) is 0 Å². The molecular weight excluding hydrogens is 414 g/mol. The second-order valence-electron chi connectivity index (χ2n) is 4.65. The molecule has 0 radical (unpaired) electrons. The minimum Gasteiger partial charge on any atom is -0.406 e. The van der Waals surface area contributed by atoms with Crippen molar-refractivity contribution in [2.24, 2.45) is 16.6 Å².